The van der Waals surface area contributed by atoms with Gasteiger partial charge < -0.3 is 20.5 Å². The molecule has 0 radical (unpaired) electrons. The van der Waals surface area contributed by atoms with Gasteiger partial charge in [0.15, 0.2) is 5.78 Å². The van der Waals surface area contributed by atoms with Gasteiger partial charge in [0.05, 0.1) is 12.7 Å². The molecule has 25 heavy (non-hydrogen) atoms. The standard InChI is InChI=1S/C18H15N3O4/c1-24-9-5-6-12-10(7-9)18(17(23)21-12)11(8-19)16(20)25-14-4-2-3-13(22)15(14)18/h5-7H,2-4,20H2,1H3,(H,21,23)/t18-/m1/s1. The average Bonchev–Trinajstić information content (AvgIpc) is 2.87. The molecule has 1 aromatic carbocycles. The van der Waals surface area contributed by atoms with Crippen molar-refractivity contribution in [1.29, 1.82) is 5.26 Å². The number of nitriles is 1. The highest BCUT2D eigenvalue weighted by atomic mass is 16.5. The molecule has 0 fully saturated rings. The molecule has 2 aliphatic heterocycles. The van der Waals surface area contributed by atoms with Crippen molar-refractivity contribution >= 4 is 17.4 Å². The second-order valence-electron chi connectivity index (χ2n) is 6.14. The molecule has 1 aliphatic carbocycles. The van der Waals surface area contributed by atoms with Gasteiger partial charge in [-0.3, -0.25) is 9.59 Å². The number of fused-ring (bicyclic) bond motifs is 3. The molecule has 3 N–H and O–H groups in total. The van der Waals surface area contributed by atoms with Crippen molar-refractivity contribution in [1.82, 2.24) is 0 Å². The fourth-order valence-electron chi connectivity index (χ4n) is 3.87. The second-order valence-corrected chi connectivity index (χ2v) is 6.14. The van der Waals surface area contributed by atoms with Gasteiger partial charge in [-0.05, 0) is 24.6 Å². The summed E-state index contributed by atoms with van der Waals surface area (Å²) in [5.74, 6) is 0.0800. The maximum absolute atomic E-state index is 13.1. The number of carbonyl (C=O) groups is 2. The molecule has 1 aromatic rings. The molecule has 0 saturated heterocycles. The number of ketones is 1. The number of allylic oxidation sites excluding steroid dienone is 1. The van der Waals surface area contributed by atoms with Crippen LogP contribution >= 0.6 is 0 Å². The molecule has 1 amide bonds. The first kappa shape index (κ1) is 15.3. The van der Waals surface area contributed by atoms with Gasteiger partial charge in [-0.2, -0.15) is 5.26 Å². The molecule has 0 saturated carbocycles. The van der Waals surface area contributed by atoms with Gasteiger partial charge in [-0.1, -0.05) is 0 Å². The maximum atomic E-state index is 13.1. The Balaban J connectivity index is 2.11. The molecule has 0 bridgehead atoms. The lowest BCUT2D eigenvalue weighted by atomic mass is 9.65. The van der Waals surface area contributed by atoms with E-state index in [1.165, 1.54) is 7.11 Å². The van der Waals surface area contributed by atoms with Crippen molar-refractivity contribution < 1.29 is 19.1 Å². The molecule has 3 aliphatic rings. The van der Waals surface area contributed by atoms with E-state index in [0.717, 1.165) is 0 Å². The van der Waals surface area contributed by atoms with Crippen molar-refractivity contribution in [3.63, 3.8) is 0 Å². The van der Waals surface area contributed by atoms with Crippen molar-refractivity contribution in [2.45, 2.75) is 24.7 Å². The number of Topliss-reactive ketones (excluding diaryl/α,β-unsaturated/α-hetero) is 1. The van der Waals surface area contributed by atoms with E-state index in [4.69, 9.17) is 15.2 Å². The number of nitrogens with one attached hydrogen (secondary N) is 1. The first-order valence-electron chi connectivity index (χ1n) is 7.89. The Kier molecular flexibility index (Phi) is 3.12. The van der Waals surface area contributed by atoms with Gasteiger partial charge in [0.25, 0.3) is 0 Å². The summed E-state index contributed by atoms with van der Waals surface area (Å²) in [6.45, 7) is 0. The first-order chi connectivity index (χ1) is 12.0. The number of carbonyl (C=O) groups excluding carboxylic acids is 2. The van der Waals surface area contributed by atoms with Crippen molar-refractivity contribution in [2.24, 2.45) is 5.73 Å². The Morgan fingerprint density at radius 2 is 2.16 bits per heavy atom. The highest BCUT2D eigenvalue weighted by Crippen LogP contribution is 2.54. The summed E-state index contributed by atoms with van der Waals surface area (Å²) in [6, 6.07) is 7.05. The van der Waals surface area contributed by atoms with Crippen LogP contribution in [0.5, 0.6) is 5.75 Å². The minimum atomic E-state index is -1.58. The quantitative estimate of drug-likeness (QED) is 0.805. The molecule has 1 spiro atoms. The molecule has 1 atom stereocenters. The van der Waals surface area contributed by atoms with Crippen LogP contribution in [0.15, 0.2) is 41.0 Å². The minimum Gasteiger partial charge on any atom is -0.497 e. The van der Waals surface area contributed by atoms with Crippen LogP contribution in [0, 0.1) is 11.3 Å². The van der Waals surface area contributed by atoms with E-state index in [2.05, 4.69) is 5.32 Å². The fourth-order valence-corrected chi connectivity index (χ4v) is 3.87. The van der Waals surface area contributed by atoms with Crippen molar-refractivity contribution in [3.05, 3.63) is 46.6 Å². The minimum absolute atomic E-state index is 0.0639. The highest BCUT2D eigenvalue weighted by molar-refractivity contribution is 6.19. The van der Waals surface area contributed by atoms with Crippen molar-refractivity contribution in [2.75, 3.05) is 12.4 Å². The Morgan fingerprint density at radius 3 is 2.88 bits per heavy atom. The number of nitrogens with two attached hydrogens (primary N) is 1. The van der Waals surface area contributed by atoms with Crippen LogP contribution in [0.1, 0.15) is 24.8 Å². The number of rotatable bonds is 1. The predicted octanol–water partition coefficient (Wildman–Crippen LogP) is 1.62. The second kappa shape index (κ2) is 5.11. The lowest BCUT2D eigenvalue weighted by Gasteiger charge is -2.37. The Hall–Kier alpha value is -3.27. The largest absolute Gasteiger partial charge is 0.497 e. The zero-order valence-electron chi connectivity index (χ0n) is 13.5. The Bertz CT molecular complexity index is 938. The summed E-state index contributed by atoms with van der Waals surface area (Å²) in [4.78, 5) is 25.8. The maximum Gasteiger partial charge on any atom is 0.245 e. The van der Waals surface area contributed by atoms with E-state index < -0.39 is 11.3 Å². The zero-order valence-corrected chi connectivity index (χ0v) is 13.5. The van der Waals surface area contributed by atoms with Gasteiger partial charge in [-0.15, -0.1) is 0 Å². The molecule has 0 unspecified atom stereocenters. The van der Waals surface area contributed by atoms with Crippen molar-refractivity contribution in [3.8, 4) is 11.8 Å². The Labute approximate surface area is 143 Å². The number of methoxy groups -OCH3 is 1. The van der Waals surface area contributed by atoms with Gasteiger partial charge in [0.1, 0.15) is 28.6 Å². The zero-order chi connectivity index (χ0) is 17.8. The van der Waals surface area contributed by atoms with Gasteiger partial charge in [0.2, 0.25) is 11.8 Å². The molecule has 2 heterocycles. The smallest absolute Gasteiger partial charge is 0.245 e. The van der Waals surface area contributed by atoms with Gasteiger partial charge in [-0.25, -0.2) is 0 Å². The van der Waals surface area contributed by atoms with Crippen LogP contribution in [0.4, 0.5) is 5.69 Å². The van der Waals surface area contributed by atoms with E-state index >= 15 is 0 Å². The number of hydrogen-bond donors (Lipinski definition) is 2. The molecular formula is C18H15N3O4. The van der Waals surface area contributed by atoms with Gasteiger partial charge in [0, 0.05) is 24.1 Å². The number of ether oxygens (including phenoxy) is 2. The SMILES string of the molecule is COc1ccc2c(c1)[C@@]1(C(=O)N2)C(C#N)=C(N)OC2=C1C(=O)CCC2. The van der Waals surface area contributed by atoms with E-state index in [0.29, 0.717) is 42.0 Å². The number of hydrogen-bond acceptors (Lipinski definition) is 6. The lowest BCUT2D eigenvalue weighted by Crippen LogP contribution is -2.46. The lowest BCUT2D eigenvalue weighted by molar-refractivity contribution is -0.123. The van der Waals surface area contributed by atoms with E-state index in [1.54, 1.807) is 18.2 Å². The van der Waals surface area contributed by atoms with Gasteiger partial charge >= 0.3 is 0 Å². The number of benzene rings is 1. The highest BCUT2D eigenvalue weighted by Gasteiger charge is 2.59. The number of amides is 1. The Morgan fingerprint density at radius 1 is 1.36 bits per heavy atom. The third-order valence-electron chi connectivity index (χ3n) is 4.93. The summed E-state index contributed by atoms with van der Waals surface area (Å²) >= 11 is 0. The average molecular weight is 337 g/mol. The van der Waals surface area contributed by atoms with E-state index in [1.807, 2.05) is 6.07 Å². The molecule has 126 valence electrons. The molecular weight excluding hydrogens is 322 g/mol. The summed E-state index contributed by atoms with van der Waals surface area (Å²) in [5, 5.41) is 12.5. The summed E-state index contributed by atoms with van der Waals surface area (Å²) in [7, 11) is 1.51. The molecule has 0 aromatic heterocycles. The summed E-state index contributed by atoms with van der Waals surface area (Å²) < 4.78 is 10.8. The first-order valence-corrected chi connectivity index (χ1v) is 7.89. The van der Waals surface area contributed by atoms with Crippen LogP contribution in [-0.2, 0) is 19.7 Å². The van der Waals surface area contributed by atoms with Crippen LogP contribution in [0.25, 0.3) is 0 Å². The normalized spacial score (nSPS) is 24.5. The summed E-state index contributed by atoms with van der Waals surface area (Å²) in [5.41, 5.74) is 5.56. The fraction of sp³-hybridized carbons (Fsp3) is 0.278. The predicted molar refractivity (Wildman–Crippen MR) is 87.1 cm³/mol. The van der Waals surface area contributed by atoms with Crippen LogP contribution in [0.2, 0.25) is 0 Å². The number of anilines is 1. The molecule has 7 nitrogen and oxygen atoms in total. The molecule has 7 heteroatoms. The summed E-state index contributed by atoms with van der Waals surface area (Å²) in [6.07, 6.45) is 1.42. The third kappa shape index (κ3) is 1.79. The third-order valence-corrected chi connectivity index (χ3v) is 4.93. The topological polar surface area (TPSA) is 114 Å². The number of nitrogens with zero attached hydrogens (tertiary/aromatic N) is 1. The van der Waals surface area contributed by atoms with Crippen LogP contribution in [0.3, 0.4) is 0 Å². The van der Waals surface area contributed by atoms with Crippen LogP contribution in [-0.4, -0.2) is 18.8 Å². The van der Waals surface area contributed by atoms with E-state index in [9.17, 15) is 14.9 Å². The monoisotopic (exact) mass is 337 g/mol. The van der Waals surface area contributed by atoms with Crippen LogP contribution < -0.4 is 15.8 Å². The van der Waals surface area contributed by atoms with E-state index in [-0.39, 0.29) is 22.8 Å². The molecule has 4 rings (SSSR count).